The number of nitrogens with zero attached hydrogens (tertiary/aromatic N) is 3. The fourth-order valence-corrected chi connectivity index (χ4v) is 6.02. The fraction of sp³-hybridized carbons (Fsp3) is 0.650. The van der Waals surface area contributed by atoms with E-state index in [4.69, 9.17) is 0 Å². The molecule has 0 aromatic heterocycles. The molecule has 1 atom stereocenters. The first-order chi connectivity index (χ1) is 13.0. The van der Waals surface area contributed by atoms with Crippen molar-refractivity contribution in [2.45, 2.75) is 50.0 Å². The van der Waals surface area contributed by atoms with Crippen molar-refractivity contribution >= 4 is 15.9 Å². The van der Waals surface area contributed by atoms with Gasteiger partial charge < -0.3 is 4.90 Å². The molecule has 2 aliphatic heterocycles. The first kappa shape index (κ1) is 18.9. The van der Waals surface area contributed by atoms with Gasteiger partial charge in [0.05, 0.1) is 10.9 Å². The minimum atomic E-state index is -3.46. The molecule has 148 valence electrons. The minimum absolute atomic E-state index is 0.173. The number of benzene rings is 1. The smallest absolute Gasteiger partial charge is 0.243 e. The number of aryl methyl sites for hydroxylation is 2. The Bertz CT molecular complexity index is 810. The van der Waals surface area contributed by atoms with E-state index in [1.807, 2.05) is 24.0 Å². The molecule has 1 aromatic carbocycles. The molecule has 0 bridgehead atoms. The number of fused-ring (bicyclic) bond motifs is 1. The Hall–Kier alpha value is -1.44. The maximum absolute atomic E-state index is 13.0. The number of rotatable bonds is 4. The molecule has 2 heterocycles. The van der Waals surface area contributed by atoms with Crippen LogP contribution in [-0.4, -0.2) is 73.7 Å². The van der Waals surface area contributed by atoms with Gasteiger partial charge in [-0.05, 0) is 62.3 Å². The van der Waals surface area contributed by atoms with Gasteiger partial charge in [0.1, 0.15) is 0 Å². The predicted octanol–water partition coefficient (Wildman–Crippen LogP) is 1.49. The second-order valence-electron chi connectivity index (χ2n) is 7.93. The molecule has 1 aromatic rings. The van der Waals surface area contributed by atoms with E-state index in [9.17, 15) is 13.2 Å². The number of hydrogen-bond donors (Lipinski definition) is 0. The van der Waals surface area contributed by atoms with Crippen molar-refractivity contribution in [1.29, 1.82) is 0 Å². The van der Waals surface area contributed by atoms with Gasteiger partial charge in [-0.3, -0.25) is 9.69 Å². The zero-order valence-electron chi connectivity index (χ0n) is 16.1. The van der Waals surface area contributed by atoms with Crippen LogP contribution < -0.4 is 0 Å². The molecule has 0 unspecified atom stereocenters. The number of hydrogen-bond acceptors (Lipinski definition) is 4. The average Bonchev–Trinajstić information content (AvgIpc) is 3.38. The second kappa shape index (κ2) is 7.53. The third-order valence-corrected chi connectivity index (χ3v) is 8.20. The second-order valence-corrected chi connectivity index (χ2v) is 9.87. The van der Waals surface area contributed by atoms with Crippen LogP contribution in [0, 0.1) is 0 Å². The molecular weight excluding hydrogens is 362 g/mol. The summed E-state index contributed by atoms with van der Waals surface area (Å²) in [7, 11) is -3.46. The lowest BCUT2D eigenvalue weighted by molar-refractivity contribution is -0.135. The van der Waals surface area contributed by atoms with Crippen LogP contribution in [-0.2, 0) is 27.7 Å². The molecule has 0 spiro atoms. The van der Waals surface area contributed by atoms with Crippen LogP contribution in [0.25, 0.3) is 0 Å². The third kappa shape index (κ3) is 3.65. The molecule has 3 aliphatic rings. The van der Waals surface area contributed by atoms with Crippen molar-refractivity contribution < 1.29 is 13.2 Å². The SMILES string of the molecule is C[C@H](C(=O)N1CCCC1)N1CCN(S(=O)(=O)c2ccc3c(c2)CCC3)CC1. The van der Waals surface area contributed by atoms with E-state index in [0.29, 0.717) is 31.1 Å². The molecule has 4 rings (SSSR count). The number of carbonyl (C=O) groups excluding carboxylic acids is 1. The van der Waals surface area contributed by atoms with E-state index < -0.39 is 10.0 Å². The van der Waals surface area contributed by atoms with Gasteiger partial charge in [0, 0.05) is 39.3 Å². The Labute approximate surface area is 162 Å². The standard InChI is InChI=1S/C20H29N3O3S/c1-16(20(24)22-9-2-3-10-22)21-11-13-23(14-12-21)27(25,26)19-8-7-17-5-4-6-18(17)15-19/h7-8,15-16H,2-6,9-14H2,1H3/t16-/m1/s1. The van der Waals surface area contributed by atoms with Gasteiger partial charge in [-0.1, -0.05) is 6.07 Å². The summed E-state index contributed by atoms with van der Waals surface area (Å²) in [6.45, 7) is 5.75. The topological polar surface area (TPSA) is 60.9 Å². The van der Waals surface area contributed by atoms with E-state index in [-0.39, 0.29) is 11.9 Å². The number of piperazine rings is 1. The van der Waals surface area contributed by atoms with Crippen molar-refractivity contribution in [3.8, 4) is 0 Å². The Morgan fingerprint density at radius 2 is 1.59 bits per heavy atom. The maximum Gasteiger partial charge on any atom is 0.243 e. The Kier molecular flexibility index (Phi) is 5.27. The van der Waals surface area contributed by atoms with Crippen molar-refractivity contribution in [3.05, 3.63) is 29.3 Å². The zero-order chi connectivity index (χ0) is 19.0. The summed E-state index contributed by atoms with van der Waals surface area (Å²) in [5.74, 6) is 0.183. The van der Waals surface area contributed by atoms with Gasteiger partial charge in [-0.2, -0.15) is 4.31 Å². The summed E-state index contributed by atoms with van der Waals surface area (Å²) in [6.07, 6.45) is 5.32. The molecule has 0 radical (unpaired) electrons. The van der Waals surface area contributed by atoms with E-state index >= 15 is 0 Å². The van der Waals surface area contributed by atoms with Crippen LogP contribution in [0.15, 0.2) is 23.1 Å². The lowest BCUT2D eigenvalue weighted by Gasteiger charge is -2.37. The lowest BCUT2D eigenvalue weighted by atomic mass is 10.1. The van der Waals surface area contributed by atoms with E-state index in [1.54, 1.807) is 10.4 Å². The van der Waals surface area contributed by atoms with E-state index in [2.05, 4.69) is 4.90 Å². The predicted molar refractivity (Wildman–Crippen MR) is 104 cm³/mol. The first-order valence-corrected chi connectivity index (χ1v) is 11.6. The normalized spacial score (nSPS) is 22.8. The zero-order valence-corrected chi connectivity index (χ0v) is 16.9. The van der Waals surface area contributed by atoms with E-state index in [0.717, 1.165) is 45.2 Å². The number of amides is 1. The third-order valence-electron chi connectivity index (χ3n) is 6.30. The van der Waals surface area contributed by atoms with Crippen molar-refractivity contribution in [2.24, 2.45) is 0 Å². The fourth-order valence-electron chi connectivity index (χ4n) is 4.55. The van der Waals surface area contributed by atoms with Crippen LogP contribution in [0.4, 0.5) is 0 Å². The van der Waals surface area contributed by atoms with Crippen molar-refractivity contribution in [1.82, 2.24) is 14.1 Å². The molecule has 6 nitrogen and oxygen atoms in total. The molecule has 1 amide bonds. The summed E-state index contributed by atoms with van der Waals surface area (Å²) in [5, 5.41) is 0. The quantitative estimate of drug-likeness (QED) is 0.780. The summed E-state index contributed by atoms with van der Waals surface area (Å²) >= 11 is 0. The van der Waals surface area contributed by atoms with Crippen LogP contribution in [0.3, 0.4) is 0 Å². The lowest BCUT2D eigenvalue weighted by Crippen LogP contribution is -2.55. The summed E-state index contributed by atoms with van der Waals surface area (Å²) < 4.78 is 27.7. The minimum Gasteiger partial charge on any atom is -0.341 e. The van der Waals surface area contributed by atoms with Gasteiger partial charge in [0.25, 0.3) is 0 Å². The molecule has 2 saturated heterocycles. The maximum atomic E-state index is 13.0. The summed E-state index contributed by atoms with van der Waals surface area (Å²) in [5.41, 5.74) is 2.47. The summed E-state index contributed by atoms with van der Waals surface area (Å²) in [6, 6.07) is 5.42. The van der Waals surface area contributed by atoms with Gasteiger partial charge >= 0.3 is 0 Å². The van der Waals surface area contributed by atoms with Gasteiger partial charge in [0.15, 0.2) is 0 Å². The number of carbonyl (C=O) groups is 1. The van der Waals surface area contributed by atoms with Gasteiger partial charge in [-0.25, -0.2) is 8.42 Å². The van der Waals surface area contributed by atoms with Crippen molar-refractivity contribution in [3.63, 3.8) is 0 Å². The molecule has 0 saturated carbocycles. The van der Waals surface area contributed by atoms with Gasteiger partial charge in [-0.15, -0.1) is 0 Å². The average molecular weight is 392 g/mol. The van der Waals surface area contributed by atoms with Crippen LogP contribution in [0.1, 0.15) is 37.3 Å². The first-order valence-electron chi connectivity index (χ1n) is 10.1. The van der Waals surface area contributed by atoms with Crippen LogP contribution in [0.2, 0.25) is 0 Å². The highest BCUT2D eigenvalue weighted by atomic mass is 32.2. The molecule has 0 N–H and O–H groups in total. The highest BCUT2D eigenvalue weighted by Gasteiger charge is 2.34. The van der Waals surface area contributed by atoms with E-state index in [1.165, 1.54) is 11.1 Å². The molecule has 27 heavy (non-hydrogen) atoms. The monoisotopic (exact) mass is 391 g/mol. The Morgan fingerprint density at radius 1 is 0.926 bits per heavy atom. The van der Waals surface area contributed by atoms with Crippen LogP contribution >= 0.6 is 0 Å². The summed E-state index contributed by atoms with van der Waals surface area (Å²) in [4.78, 5) is 17.1. The Balaban J connectivity index is 1.40. The highest BCUT2D eigenvalue weighted by molar-refractivity contribution is 7.89. The highest BCUT2D eigenvalue weighted by Crippen LogP contribution is 2.27. The number of likely N-dealkylation sites (tertiary alicyclic amines) is 1. The largest absolute Gasteiger partial charge is 0.341 e. The molecule has 1 aliphatic carbocycles. The van der Waals surface area contributed by atoms with Crippen molar-refractivity contribution in [2.75, 3.05) is 39.3 Å². The molecule has 7 heteroatoms. The van der Waals surface area contributed by atoms with Gasteiger partial charge in [0.2, 0.25) is 15.9 Å². The number of sulfonamides is 1. The van der Waals surface area contributed by atoms with Crippen LogP contribution in [0.5, 0.6) is 0 Å². The Morgan fingerprint density at radius 3 is 2.30 bits per heavy atom. The molecular formula is C20H29N3O3S. The molecule has 2 fully saturated rings.